The molecule has 5 heteroatoms. The van der Waals surface area contributed by atoms with Crippen molar-refractivity contribution in [3.63, 3.8) is 0 Å². The van der Waals surface area contributed by atoms with Crippen molar-refractivity contribution < 1.29 is 14.2 Å². The lowest BCUT2D eigenvalue weighted by atomic mass is 10.1. The van der Waals surface area contributed by atoms with Gasteiger partial charge in [-0.15, -0.1) is 0 Å². The van der Waals surface area contributed by atoms with Crippen molar-refractivity contribution in [1.29, 1.82) is 0 Å². The zero-order chi connectivity index (χ0) is 14.1. The fraction of sp³-hybridized carbons (Fsp3) is 0.571. The number of benzene rings is 1. The number of rotatable bonds is 9. The molecule has 0 saturated carbocycles. The second-order valence-electron chi connectivity index (χ2n) is 4.28. The van der Waals surface area contributed by atoms with Crippen LogP contribution in [0.1, 0.15) is 24.9 Å². The van der Waals surface area contributed by atoms with Gasteiger partial charge in [-0.3, -0.25) is 0 Å². The largest absolute Gasteiger partial charge is 0.491 e. The standard InChI is InChI=1S/C14H22BrNO3/c1-11(16)13-10-12(15)4-5-14(13)19-9-8-18-7-3-6-17-2/h4-5,10-11H,3,6-9,16H2,1-2H3/t11-/m1/s1. The van der Waals surface area contributed by atoms with Gasteiger partial charge in [-0.25, -0.2) is 0 Å². The first kappa shape index (κ1) is 16.4. The monoisotopic (exact) mass is 331 g/mol. The van der Waals surface area contributed by atoms with Gasteiger partial charge >= 0.3 is 0 Å². The van der Waals surface area contributed by atoms with E-state index in [4.69, 9.17) is 19.9 Å². The van der Waals surface area contributed by atoms with Gasteiger partial charge in [0, 0.05) is 36.4 Å². The molecule has 0 fully saturated rings. The molecule has 2 N–H and O–H groups in total. The summed E-state index contributed by atoms with van der Waals surface area (Å²) < 4.78 is 17.1. The average Bonchev–Trinajstić information content (AvgIpc) is 2.39. The van der Waals surface area contributed by atoms with Crippen molar-refractivity contribution in [2.45, 2.75) is 19.4 Å². The molecule has 0 aliphatic carbocycles. The van der Waals surface area contributed by atoms with Crippen molar-refractivity contribution in [3.05, 3.63) is 28.2 Å². The Morgan fingerprint density at radius 2 is 2.00 bits per heavy atom. The zero-order valence-electron chi connectivity index (χ0n) is 11.5. The molecule has 1 aromatic carbocycles. The maximum absolute atomic E-state index is 5.92. The molecule has 0 amide bonds. The SMILES string of the molecule is COCCCOCCOc1ccc(Br)cc1[C@@H](C)N. The van der Waals surface area contributed by atoms with Crippen LogP contribution in [0.15, 0.2) is 22.7 Å². The van der Waals surface area contributed by atoms with Gasteiger partial charge < -0.3 is 19.9 Å². The highest BCUT2D eigenvalue weighted by Gasteiger charge is 2.08. The van der Waals surface area contributed by atoms with Crippen molar-refractivity contribution >= 4 is 15.9 Å². The van der Waals surface area contributed by atoms with E-state index in [1.807, 2.05) is 25.1 Å². The van der Waals surface area contributed by atoms with Gasteiger partial charge in [-0.1, -0.05) is 15.9 Å². The number of nitrogens with two attached hydrogens (primary N) is 1. The molecule has 0 spiro atoms. The lowest BCUT2D eigenvalue weighted by molar-refractivity contribution is 0.0803. The highest BCUT2D eigenvalue weighted by molar-refractivity contribution is 9.10. The summed E-state index contributed by atoms with van der Waals surface area (Å²) in [5.41, 5.74) is 6.92. The minimum Gasteiger partial charge on any atom is -0.491 e. The minimum absolute atomic E-state index is 0.0601. The van der Waals surface area contributed by atoms with Crippen LogP contribution in [-0.4, -0.2) is 33.5 Å². The lowest BCUT2D eigenvalue weighted by Gasteiger charge is -2.14. The van der Waals surface area contributed by atoms with Gasteiger partial charge in [0.25, 0.3) is 0 Å². The molecule has 0 bridgehead atoms. The summed E-state index contributed by atoms with van der Waals surface area (Å²) in [6.07, 6.45) is 0.903. The Kier molecular flexibility index (Phi) is 8.05. The number of hydrogen-bond acceptors (Lipinski definition) is 4. The fourth-order valence-electron chi connectivity index (χ4n) is 1.62. The van der Waals surface area contributed by atoms with Crippen molar-refractivity contribution in [2.75, 3.05) is 33.5 Å². The van der Waals surface area contributed by atoms with E-state index in [9.17, 15) is 0 Å². The van der Waals surface area contributed by atoms with Crippen LogP contribution in [-0.2, 0) is 9.47 Å². The first-order valence-corrected chi connectivity index (χ1v) is 7.19. The Balaban J connectivity index is 2.33. The van der Waals surface area contributed by atoms with Gasteiger partial charge in [0.2, 0.25) is 0 Å². The third-order valence-electron chi connectivity index (χ3n) is 2.58. The van der Waals surface area contributed by atoms with Crippen molar-refractivity contribution in [3.8, 4) is 5.75 Å². The minimum atomic E-state index is -0.0601. The van der Waals surface area contributed by atoms with E-state index in [1.165, 1.54) is 0 Å². The molecule has 0 aliphatic heterocycles. The average molecular weight is 332 g/mol. The van der Waals surface area contributed by atoms with E-state index < -0.39 is 0 Å². The molecule has 1 aromatic rings. The summed E-state index contributed by atoms with van der Waals surface area (Å²) in [5, 5.41) is 0. The normalized spacial score (nSPS) is 12.4. The maximum Gasteiger partial charge on any atom is 0.124 e. The molecule has 0 aromatic heterocycles. The number of methoxy groups -OCH3 is 1. The summed E-state index contributed by atoms with van der Waals surface area (Å²) in [6, 6.07) is 5.79. The van der Waals surface area contributed by atoms with Gasteiger partial charge in [-0.05, 0) is 31.5 Å². The molecule has 0 unspecified atom stereocenters. The second kappa shape index (κ2) is 9.31. The van der Waals surface area contributed by atoms with Crippen LogP contribution < -0.4 is 10.5 Å². The fourth-order valence-corrected chi connectivity index (χ4v) is 2.00. The first-order valence-electron chi connectivity index (χ1n) is 6.39. The highest BCUT2D eigenvalue weighted by Crippen LogP contribution is 2.27. The summed E-state index contributed by atoms with van der Waals surface area (Å²) in [7, 11) is 1.69. The Bertz CT molecular complexity index is 372. The molecule has 0 heterocycles. The topological polar surface area (TPSA) is 53.7 Å². The van der Waals surface area contributed by atoms with E-state index in [0.717, 1.165) is 28.8 Å². The van der Waals surface area contributed by atoms with E-state index in [2.05, 4.69) is 15.9 Å². The first-order chi connectivity index (χ1) is 9.15. The molecular weight excluding hydrogens is 310 g/mol. The van der Waals surface area contributed by atoms with Crippen molar-refractivity contribution in [2.24, 2.45) is 5.73 Å². The van der Waals surface area contributed by atoms with E-state index >= 15 is 0 Å². The molecule has 108 valence electrons. The highest BCUT2D eigenvalue weighted by atomic mass is 79.9. The third-order valence-corrected chi connectivity index (χ3v) is 3.08. The van der Waals surface area contributed by atoms with Crippen molar-refractivity contribution in [1.82, 2.24) is 0 Å². The van der Waals surface area contributed by atoms with Crippen LogP contribution in [0.3, 0.4) is 0 Å². The van der Waals surface area contributed by atoms with Crippen LogP contribution in [0.5, 0.6) is 5.75 Å². The van der Waals surface area contributed by atoms with Crippen LogP contribution >= 0.6 is 15.9 Å². The molecule has 0 saturated heterocycles. The predicted molar refractivity (Wildman–Crippen MR) is 79.6 cm³/mol. The van der Waals surface area contributed by atoms with Crippen LogP contribution in [0.2, 0.25) is 0 Å². The Hall–Kier alpha value is -0.620. The molecular formula is C14H22BrNO3. The summed E-state index contributed by atoms with van der Waals surface area (Å²) >= 11 is 3.43. The van der Waals surface area contributed by atoms with Gasteiger partial charge in [-0.2, -0.15) is 0 Å². The van der Waals surface area contributed by atoms with Crippen LogP contribution in [0.4, 0.5) is 0 Å². The summed E-state index contributed by atoms with van der Waals surface area (Å²) in [6.45, 7) is 4.45. The maximum atomic E-state index is 5.92. The molecule has 1 atom stereocenters. The lowest BCUT2D eigenvalue weighted by Crippen LogP contribution is -2.12. The quantitative estimate of drug-likeness (QED) is 0.707. The number of hydrogen-bond donors (Lipinski definition) is 1. The van der Waals surface area contributed by atoms with E-state index in [1.54, 1.807) is 7.11 Å². The number of halogens is 1. The molecule has 0 radical (unpaired) electrons. The summed E-state index contributed by atoms with van der Waals surface area (Å²) in [4.78, 5) is 0. The number of ether oxygens (including phenoxy) is 3. The molecule has 0 aliphatic rings. The predicted octanol–water partition coefficient (Wildman–Crippen LogP) is 2.90. The van der Waals surface area contributed by atoms with E-state index in [-0.39, 0.29) is 6.04 Å². The Labute approximate surface area is 123 Å². The van der Waals surface area contributed by atoms with Gasteiger partial charge in [0.05, 0.1) is 6.61 Å². The zero-order valence-corrected chi connectivity index (χ0v) is 13.1. The van der Waals surface area contributed by atoms with E-state index in [0.29, 0.717) is 19.8 Å². The van der Waals surface area contributed by atoms with Gasteiger partial charge in [0.15, 0.2) is 0 Å². The van der Waals surface area contributed by atoms with Crippen LogP contribution in [0.25, 0.3) is 0 Å². The van der Waals surface area contributed by atoms with Gasteiger partial charge in [0.1, 0.15) is 12.4 Å². The Morgan fingerprint density at radius 1 is 1.21 bits per heavy atom. The molecule has 4 nitrogen and oxygen atoms in total. The Morgan fingerprint density at radius 3 is 2.68 bits per heavy atom. The molecule has 1 rings (SSSR count). The third kappa shape index (κ3) is 6.38. The second-order valence-corrected chi connectivity index (χ2v) is 5.19. The summed E-state index contributed by atoms with van der Waals surface area (Å²) in [5.74, 6) is 0.818. The van der Waals surface area contributed by atoms with Crippen LogP contribution in [0, 0.1) is 0 Å². The molecule has 19 heavy (non-hydrogen) atoms. The smallest absolute Gasteiger partial charge is 0.124 e.